The molecule has 1 saturated heterocycles. The lowest BCUT2D eigenvalue weighted by molar-refractivity contribution is -0.302. The minimum atomic E-state index is -1.57. The van der Waals surface area contributed by atoms with Crippen molar-refractivity contribution in [1.82, 2.24) is 5.32 Å². The van der Waals surface area contributed by atoms with Crippen LogP contribution in [0, 0.1) is 0 Å². The molecule has 7 atom stereocenters. The number of amides is 1. The second-order valence-corrected chi connectivity index (χ2v) is 19.4. The third-order valence-corrected chi connectivity index (χ3v) is 13.0. The number of nitrogens with one attached hydrogen (secondary N) is 1. The number of unbranched alkanes of at least 4 members (excludes halogenated alkanes) is 25. The van der Waals surface area contributed by atoms with Gasteiger partial charge in [-0.15, -0.1) is 0 Å². The molecule has 1 aliphatic heterocycles. The Morgan fingerprint density at radius 3 is 1.33 bits per heavy atom. The van der Waals surface area contributed by atoms with Gasteiger partial charge in [-0.2, -0.15) is 0 Å². The summed E-state index contributed by atoms with van der Waals surface area (Å²) in [5, 5.41) is 54.5. The van der Waals surface area contributed by atoms with Crippen LogP contribution in [-0.4, -0.2) is 87.5 Å². The van der Waals surface area contributed by atoms with Gasteiger partial charge in [0.2, 0.25) is 5.91 Å². The summed E-state index contributed by atoms with van der Waals surface area (Å²) in [6, 6.07) is -0.815. The van der Waals surface area contributed by atoms with Crippen molar-refractivity contribution in [2.75, 3.05) is 13.2 Å². The van der Waals surface area contributed by atoms with Gasteiger partial charge in [0.05, 0.1) is 25.4 Å². The first-order valence-electron chi connectivity index (χ1n) is 28.3. The van der Waals surface area contributed by atoms with Crippen LogP contribution in [-0.2, 0) is 14.3 Å². The predicted molar refractivity (Wildman–Crippen MR) is 290 cm³/mol. The van der Waals surface area contributed by atoms with Gasteiger partial charge in [0, 0.05) is 6.42 Å². The number of aliphatic hydroxyl groups excluding tert-OH is 5. The molecule has 1 aliphatic rings. The minimum absolute atomic E-state index is 0.188. The van der Waals surface area contributed by atoms with Crippen LogP contribution in [0.3, 0.4) is 0 Å². The van der Waals surface area contributed by atoms with E-state index in [4.69, 9.17) is 9.47 Å². The average molecular weight is 968 g/mol. The molecular weight excluding hydrogens is 863 g/mol. The Kier molecular flexibility index (Phi) is 45.7. The number of allylic oxidation sites excluding steroid dienone is 13. The third kappa shape index (κ3) is 38.7. The van der Waals surface area contributed by atoms with Crippen LogP contribution in [0.2, 0.25) is 0 Å². The van der Waals surface area contributed by atoms with Gasteiger partial charge < -0.3 is 40.3 Å². The quantitative estimate of drug-likeness (QED) is 0.0261. The Labute approximate surface area is 422 Å². The monoisotopic (exact) mass is 968 g/mol. The molecule has 0 aromatic heterocycles. The Morgan fingerprint density at radius 1 is 0.507 bits per heavy atom. The van der Waals surface area contributed by atoms with Crippen LogP contribution in [0.1, 0.15) is 232 Å². The molecule has 0 spiro atoms. The van der Waals surface area contributed by atoms with Gasteiger partial charge in [0.15, 0.2) is 6.29 Å². The van der Waals surface area contributed by atoms with Gasteiger partial charge in [-0.05, 0) is 70.6 Å². The lowest BCUT2D eigenvalue weighted by Gasteiger charge is -2.40. The molecule has 6 N–H and O–H groups in total. The van der Waals surface area contributed by atoms with Gasteiger partial charge >= 0.3 is 0 Å². The maximum absolute atomic E-state index is 13.1. The maximum Gasteiger partial charge on any atom is 0.220 e. The molecule has 0 aliphatic carbocycles. The fraction of sp³-hybridized carbons (Fsp3) is 0.750. The Bertz CT molecular complexity index is 1350. The van der Waals surface area contributed by atoms with Crippen LogP contribution in [0.5, 0.6) is 0 Å². The fourth-order valence-corrected chi connectivity index (χ4v) is 8.51. The SMILES string of the molecule is CC/C=C\C/C=C\C/C=C\C/C=C\C/C=C\C/C=C\CCCCCCCCCCC(=O)NC(COC1OC(CO)C(O)C(O)C1O)C(O)/C=C/CCCCCCCCCCCCCCCCCCC. The highest BCUT2D eigenvalue weighted by Crippen LogP contribution is 2.23. The fourth-order valence-electron chi connectivity index (χ4n) is 8.51. The van der Waals surface area contributed by atoms with Crippen molar-refractivity contribution in [3.63, 3.8) is 0 Å². The van der Waals surface area contributed by atoms with Crippen molar-refractivity contribution in [3.8, 4) is 0 Å². The molecule has 0 radical (unpaired) electrons. The zero-order valence-corrected chi connectivity index (χ0v) is 44.0. The van der Waals surface area contributed by atoms with Crippen molar-refractivity contribution in [2.45, 2.75) is 275 Å². The number of carbonyl (C=O) groups is 1. The van der Waals surface area contributed by atoms with Crippen molar-refractivity contribution in [3.05, 3.63) is 85.1 Å². The van der Waals surface area contributed by atoms with E-state index in [1.807, 2.05) is 6.08 Å². The second kappa shape index (κ2) is 49.0. The molecule has 0 bridgehead atoms. The molecule has 1 rings (SSSR count). The summed E-state index contributed by atoms with van der Waals surface area (Å²) < 4.78 is 11.3. The van der Waals surface area contributed by atoms with Crippen LogP contribution >= 0.6 is 0 Å². The Morgan fingerprint density at radius 2 is 0.899 bits per heavy atom. The molecule has 69 heavy (non-hydrogen) atoms. The van der Waals surface area contributed by atoms with Crippen molar-refractivity contribution < 1.29 is 39.8 Å². The van der Waals surface area contributed by atoms with E-state index in [1.165, 1.54) is 122 Å². The zero-order valence-electron chi connectivity index (χ0n) is 44.0. The predicted octanol–water partition coefficient (Wildman–Crippen LogP) is 13.8. The average Bonchev–Trinajstić information content (AvgIpc) is 3.35. The van der Waals surface area contributed by atoms with E-state index in [-0.39, 0.29) is 12.5 Å². The highest BCUT2D eigenvalue weighted by atomic mass is 16.7. The van der Waals surface area contributed by atoms with Crippen molar-refractivity contribution in [1.29, 1.82) is 0 Å². The lowest BCUT2D eigenvalue weighted by atomic mass is 9.99. The molecule has 398 valence electrons. The van der Waals surface area contributed by atoms with Gasteiger partial charge in [0.1, 0.15) is 24.4 Å². The van der Waals surface area contributed by atoms with E-state index in [9.17, 15) is 30.3 Å². The first-order chi connectivity index (χ1) is 33.8. The normalized spacial score (nSPS) is 20.1. The smallest absolute Gasteiger partial charge is 0.220 e. The number of hydrogen-bond acceptors (Lipinski definition) is 8. The van der Waals surface area contributed by atoms with E-state index in [1.54, 1.807) is 6.08 Å². The number of rotatable bonds is 47. The summed E-state index contributed by atoms with van der Waals surface area (Å²) in [6.07, 6.45) is 62.0. The minimum Gasteiger partial charge on any atom is -0.394 e. The molecule has 1 heterocycles. The van der Waals surface area contributed by atoms with E-state index in [2.05, 4.69) is 92.1 Å². The highest BCUT2D eigenvalue weighted by molar-refractivity contribution is 5.76. The van der Waals surface area contributed by atoms with Crippen LogP contribution in [0.25, 0.3) is 0 Å². The molecule has 9 nitrogen and oxygen atoms in total. The molecule has 0 aromatic carbocycles. The summed E-state index contributed by atoms with van der Waals surface area (Å²) in [7, 11) is 0. The highest BCUT2D eigenvalue weighted by Gasteiger charge is 2.44. The van der Waals surface area contributed by atoms with Crippen LogP contribution in [0.4, 0.5) is 0 Å². The molecular formula is C60H105NO8. The van der Waals surface area contributed by atoms with Crippen LogP contribution in [0.15, 0.2) is 85.1 Å². The molecule has 0 aromatic rings. The summed E-state index contributed by atoms with van der Waals surface area (Å²) in [4.78, 5) is 13.1. The standard InChI is InChI=1S/C60H105NO8/c1-3-5-7-9-11-13-15-17-19-21-23-24-25-26-27-28-29-30-32-34-36-38-40-42-44-46-48-50-56(64)61-53(52-68-60-59(67)58(66)57(65)55(51-62)69-60)54(63)49-47-45-43-41-39-37-35-33-31-22-20-18-16-14-12-10-8-6-4-2/h5,7,11,13,17,19,23-24,26-27,29-30,47,49,53-55,57-60,62-63,65-67H,3-4,6,8-10,12,14-16,18,20-22,25,28,31-46,48,50-52H2,1-2H3,(H,61,64)/b7-5-,13-11-,19-17-,24-23-,27-26-,30-29-,49-47+. The van der Waals surface area contributed by atoms with Crippen molar-refractivity contribution >= 4 is 5.91 Å². The number of ether oxygens (including phenoxy) is 2. The molecule has 0 saturated carbocycles. The number of hydrogen-bond donors (Lipinski definition) is 6. The molecule has 1 fully saturated rings. The summed E-state index contributed by atoms with van der Waals surface area (Å²) in [5.41, 5.74) is 0. The first-order valence-corrected chi connectivity index (χ1v) is 28.3. The Balaban J connectivity index is 2.26. The van der Waals surface area contributed by atoms with Gasteiger partial charge in [0.25, 0.3) is 0 Å². The Hall–Kier alpha value is -2.63. The third-order valence-electron chi connectivity index (χ3n) is 13.0. The molecule has 7 unspecified atom stereocenters. The number of carbonyl (C=O) groups excluding carboxylic acids is 1. The van der Waals surface area contributed by atoms with Gasteiger partial charge in [-0.25, -0.2) is 0 Å². The summed E-state index contributed by atoms with van der Waals surface area (Å²) >= 11 is 0. The van der Waals surface area contributed by atoms with Gasteiger partial charge in [-0.1, -0.05) is 240 Å². The van der Waals surface area contributed by atoms with E-state index >= 15 is 0 Å². The topological polar surface area (TPSA) is 149 Å². The lowest BCUT2D eigenvalue weighted by Crippen LogP contribution is -2.60. The maximum atomic E-state index is 13.1. The molecule has 9 heteroatoms. The number of aliphatic hydroxyl groups is 5. The summed E-state index contributed by atoms with van der Waals surface area (Å²) in [6.45, 7) is 3.67. The van der Waals surface area contributed by atoms with E-state index in [0.717, 1.165) is 89.9 Å². The largest absolute Gasteiger partial charge is 0.394 e. The molecule has 1 amide bonds. The first kappa shape index (κ1) is 64.4. The van der Waals surface area contributed by atoms with E-state index in [0.29, 0.717) is 6.42 Å². The van der Waals surface area contributed by atoms with Crippen LogP contribution < -0.4 is 5.32 Å². The zero-order chi connectivity index (χ0) is 50.1. The van der Waals surface area contributed by atoms with Gasteiger partial charge in [-0.3, -0.25) is 4.79 Å². The van der Waals surface area contributed by atoms with Crippen molar-refractivity contribution in [2.24, 2.45) is 0 Å². The van der Waals surface area contributed by atoms with E-state index < -0.39 is 49.5 Å². The second-order valence-electron chi connectivity index (χ2n) is 19.4. The summed E-state index contributed by atoms with van der Waals surface area (Å²) in [5.74, 6) is -0.188.